The lowest BCUT2D eigenvalue weighted by Crippen LogP contribution is -2.13. The summed E-state index contributed by atoms with van der Waals surface area (Å²) in [5.74, 6) is -0.466. The van der Waals surface area contributed by atoms with Crippen LogP contribution in [0.5, 0.6) is 0 Å². The number of nitrogens with zero attached hydrogens (tertiary/aromatic N) is 2. The summed E-state index contributed by atoms with van der Waals surface area (Å²) in [6.45, 7) is 0. The van der Waals surface area contributed by atoms with Gasteiger partial charge in [0.05, 0.1) is 11.4 Å². The van der Waals surface area contributed by atoms with Crippen LogP contribution in [0.15, 0.2) is 130 Å². The highest BCUT2D eigenvalue weighted by molar-refractivity contribution is 9.10. The van der Waals surface area contributed by atoms with Crippen molar-refractivity contribution in [2.75, 3.05) is 5.32 Å². The Balaban J connectivity index is 1.71. The van der Waals surface area contributed by atoms with Crippen LogP contribution >= 0.6 is 31.9 Å². The largest absolute Gasteiger partial charge is 0.321 e. The van der Waals surface area contributed by atoms with Gasteiger partial charge >= 0.3 is 0 Å². The molecule has 0 unspecified atom stereocenters. The van der Waals surface area contributed by atoms with Crippen LogP contribution in [0.2, 0.25) is 0 Å². The second-order valence-electron chi connectivity index (χ2n) is 8.51. The summed E-state index contributed by atoms with van der Waals surface area (Å²) in [5, 5.41) is 12.8. The fraction of sp³-hybridized carbons (Fsp3) is 0. The predicted octanol–water partition coefficient (Wildman–Crippen LogP) is 8.88. The maximum atomic E-state index is 13.1. The molecule has 5 rings (SSSR count). The average molecular weight is 623 g/mol. The number of carbonyl (C=O) groups excluding carboxylic acids is 1. The molecule has 0 aliphatic rings. The maximum absolute atomic E-state index is 13.1. The van der Waals surface area contributed by atoms with E-state index in [2.05, 4.69) is 59.9 Å². The highest BCUT2D eigenvalue weighted by Crippen LogP contribution is 2.37. The summed E-state index contributed by atoms with van der Waals surface area (Å²) in [7, 11) is 0. The molecule has 184 valence electrons. The van der Waals surface area contributed by atoms with Crippen molar-refractivity contribution >= 4 is 49.5 Å². The van der Waals surface area contributed by atoms with Crippen LogP contribution in [-0.4, -0.2) is 10.5 Å². The van der Waals surface area contributed by atoms with E-state index in [9.17, 15) is 10.1 Å². The van der Waals surface area contributed by atoms with Crippen LogP contribution in [0.25, 0.3) is 34.3 Å². The topological polar surface area (TPSA) is 57.8 Å². The van der Waals surface area contributed by atoms with Crippen LogP contribution in [0.4, 0.5) is 5.69 Å². The molecule has 1 N–H and O–H groups in total. The molecule has 0 aliphatic carbocycles. The van der Waals surface area contributed by atoms with Gasteiger partial charge in [-0.15, -0.1) is 0 Å². The SMILES string of the molecule is N#C/C(=C\c1cc(-c2ccccc2)n(-c2ccc(Br)cc2)c1-c1ccccc1)C(=O)Nc1ccc(Br)cc1. The highest BCUT2D eigenvalue weighted by atomic mass is 79.9. The molecule has 0 saturated carbocycles. The number of nitriles is 1. The van der Waals surface area contributed by atoms with Gasteiger partial charge in [-0.25, -0.2) is 0 Å². The fourth-order valence-corrected chi connectivity index (χ4v) is 4.78. The molecule has 1 amide bonds. The maximum Gasteiger partial charge on any atom is 0.266 e. The summed E-state index contributed by atoms with van der Waals surface area (Å²) in [6.07, 6.45) is 1.66. The van der Waals surface area contributed by atoms with Gasteiger partial charge < -0.3 is 9.88 Å². The minimum Gasteiger partial charge on any atom is -0.321 e. The number of benzene rings is 4. The van der Waals surface area contributed by atoms with Crippen LogP contribution in [0, 0.1) is 11.3 Å². The number of carbonyl (C=O) groups is 1. The third-order valence-corrected chi connectivity index (χ3v) is 7.06. The van der Waals surface area contributed by atoms with E-state index in [0.717, 1.165) is 42.7 Å². The lowest BCUT2D eigenvalue weighted by Gasteiger charge is -2.15. The van der Waals surface area contributed by atoms with E-state index >= 15 is 0 Å². The zero-order valence-electron chi connectivity index (χ0n) is 20.1. The number of halogens is 2. The van der Waals surface area contributed by atoms with Gasteiger partial charge in [-0.1, -0.05) is 92.5 Å². The van der Waals surface area contributed by atoms with Crippen LogP contribution in [-0.2, 0) is 4.79 Å². The Morgan fingerprint density at radius 2 is 1.32 bits per heavy atom. The zero-order valence-corrected chi connectivity index (χ0v) is 23.3. The van der Waals surface area contributed by atoms with Crippen molar-refractivity contribution in [1.29, 1.82) is 5.26 Å². The second-order valence-corrected chi connectivity index (χ2v) is 10.3. The number of anilines is 1. The van der Waals surface area contributed by atoms with Gasteiger partial charge in [0.1, 0.15) is 11.6 Å². The van der Waals surface area contributed by atoms with Gasteiger partial charge in [0.2, 0.25) is 0 Å². The summed E-state index contributed by atoms with van der Waals surface area (Å²) >= 11 is 6.94. The molecule has 38 heavy (non-hydrogen) atoms. The van der Waals surface area contributed by atoms with Crippen molar-refractivity contribution in [3.05, 3.63) is 135 Å². The number of hydrogen-bond donors (Lipinski definition) is 1. The van der Waals surface area contributed by atoms with Crippen molar-refractivity contribution in [3.63, 3.8) is 0 Å². The molecular formula is C32H21Br2N3O. The first-order chi connectivity index (χ1) is 18.5. The summed E-state index contributed by atoms with van der Waals surface area (Å²) in [4.78, 5) is 13.1. The molecule has 0 spiro atoms. The monoisotopic (exact) mass is 621 g/mol. The van der Waals surface area contributed by atoms with Crippen LogP contribution in [0.1, 0.15) is 5.56 Å². The zero-order chi connectivity index (χ0) is 26.5. The Morgan fingerprint density at radius 1 is 0.763 bits per heavy atom. The molecule has 6 heteroatoms. The third-order valence-electron chi connectivity index (χ3n) is 6.00. The van der Waals surface area contributed by atoms with Gasteiger partial charge in [0.25, 0.3) is 5.91 Å². The lowest BCUT2D eigenvalue weighted by atomic mass is 10.0. The molecule has 0 radical (unpaired) electrons. The molecule has 0 atom stereocenters. The smallest absolute Gasteiger partial charge is 0.266 e. The van der Waals surface area contributed by atoms with E-state index < -0.39 is 5.91 Å². The van der Waals surface area contributed by atoms with E-state index in [1.807, 2.05) is 91.0 Å². The first-order valence-corrected chi connectivity index (χ1v) is 13.4. The quantitative estimate of drug-likeness (QED) is 0.152. The fourth-order valence-electron chi connectivity index (χ4n) is 4.25. The third kappa shape index (κ3) is 5.55. The molecule has 4 nitrogen and oxygen atoms in total. The molecule has 5 aromatic rings. The van der Waals surface area contributed by atoms with Crippen LogP contribution < -0.4 is 5.32 Å². The number of aromatic nitrogens is 1. The Morgan fingerprint density at radius 3 is 1.89 bits per heavy atom. The van der Waals surface area contributed by atoms with Crippen molar-refractivity contribution in [2.24, 2.45) is 0 Å². The lowest BCUT2D eigenvalue weighted by molar-refractivity contribution is -0.112. The van der Waals surface area contributed by atoms with Crippen molar-refractivity contribution < 1.29 is 4.79 Å². The normalized spacial score (nSPS) is 11.1. The first kappa shape index (κ1) is 25.5. The van der Waals surface area contributed by atoms with Gasteiger partial charge in [0, 0.05) is 25.9 Å². The predicted molar refractivity (Wildman–Crippen MR) is 161 cm³/mol. The number of amides is 1. The van der Waals surface area contributed by atoms with Gasteiger partial charge in [-0.3, -0.25) is 4.79 Å². The Kier molecular flexibility index (Phi) is 7.69. The van der Waals surface area contributed by atoms with E-state index in [0.29, 0.717) is 5.69 Å². The molecule has 0 saturated heterocycles. The average Bonchev–Trinajstić information content (AvgIpc) is 3.33. The standard InChI is InChI=1S/C32H21Br2N3O/c33-26-11-15-28(16-12-26)36-32(38)25(21-35)19-24-20-30(22-7-3-1-4-8-22)37(29-17-13-27(34)14-18-29)31(24)23-9-5-2-6-10-23/h1-20H,(H,36,38)/b25-19+. The summed E-state index contributed by atoms with van der Waals surface area (Å²) < 4.78 is 4.05. The highest BCUT2D eigenvalue weighted by Gasteiger charge is 2.20. The molecule has 1 aromatic heterocycles. The van der Waals surface area contributed by atoms with E-state index in [4.69, 9.17) is 0 Å². The van der Waals surface area contributed by atoms with E-state index in [1.165, 1.54) is 0 Å². The van der Waals surface area contributed by atoms with Crippen LogP contribution in [0.3, 0.4) is 0 Å². The molecule has 4 aromatic carbocycles. The number of rotatable bonds is 6. The Bertz CT molecular complexity index is 1650. The van der Waals surface area contributed by atoms with Gasteiger partial charge in [-0.2, -0.15) is 5.26 Å². The minimum absolute atomic E-state index is 0.0117. The van der Waals surface area contributed by atoms with Crippen molar-refractivity contribution in [3.8, 4) is 34.3 Å². The number of hydrogen-bond acceptors (Lipinski definition) is 2. The second kappa shape index (κ2) is 11.5. The van der Waals surface area contributed by atoms with E-state index in [1.54, 1.807) is 18.2 Å². The van der Waals surface area contributed by atoms with Gasteiger partial charge in [0.15, 0.2) is 0 Å². The minimum atomic E-state index is -0.466. The molecular weight excluding hydrogens is 602 g/mol. The molecule has 0 fully saturated rings. The Hall–Kier alpha value is -4.18. The van der Waals surface area contributed by atoms with E-state index in [-0.39, 0.29) is 5.57 Å². The Labute approximate surface area is 238 Å². The van der Waals surface area contributed by atoms with Crippen molar-refractivity contribution in [1.82, 2.24) is 4.57 Å². The molecule has 1 heterocycles. The number of nitrogens with one attached hydrogen (secondary N) is 1. The summed E-state index contributed by atoms with van der Waals surface area (Å²) in [5.41, 5.74) is 6.17. The van der Waals surface area contributed by atoms with Crippen molar-refractivity contribution in [2.45, 2.75) is 0 Å². The molecule has 0 aliphatic heterocycles. The first-order valence-electron chi connectivity index (χ1n) is 11.8. The van der Waals surface area contributed by atoms with Gasteiger partial charge in [-0.05, 0) is 71.8 Å². The molecule has 0 bridgehead atoms. The summed E-state index contributed by atoms with van der Waals surface area (Å²) in [6, 6.07) is 39.5.